The molecular formula is C48H33N4OS+. The zero-order valence-electron chi connectivity index (χ0n) is 29.1. The van der Waals surface area contributed by atoms with Gasteiger partial charge >= 0.3 is 0 Å². The van der Waals surface area contributed by atoms with Gasteiger partial charge in [0, 0.05) is 11.1 Å². The average Bonchev–Trinajstić information content (AvgIpc) is 3.23. The van der Waals surface area contributed by atoms with E-state index in [1.54, 1.807) is 11.8 Å². The molecule has 54 heavy (non-hydrogen) atoms. The highest BCUT2D eigenvalue weighted by atomic mass is 32.2. The smallest absolute Gasteiger partial charge is 0.279 e. The zero-order valence-corrected chi connectivity index (χ0v) is 29.9. The Hall–Kier alpha value is -6.76. The van der Waals surface area contributed by atoms with Gasteiger partial charge in [-0.2, -0.15) is 4.58 Å². The lowest BCUT2D eigenvalue weighted by Crippen LogP contribution is -2.35. The van der Waals surface area contributed by atoms with Crippen molar-refractivity contribution in [3.63, 3.8) is 0 Å². The summed E-state index contributed by atoms with van der Waals surface area (Å²) < 4.78 is 8.75. The minimum absolute atomic E-state index is 0.100. The molecule has 3 aliphatic rings. The second-order valence-corrected chi connectivity index (χ2v) is 14.3. The normalized spacial score (nSPS) is 15.7. The number of benzene rings is 7. The van der Waals surface area contributed by atoms with Crippen LogP contribution in [-0.2, 0) is 0 Å². The molecule has 5 nitrogen and oxygen atoms in total. The third-order valence-corrected chi connectivity index (χ3v) is 11.0. The van der Waals surface area contributed by atoms with Crippen molar-refractivity contribution in [1.29, 1.82) is 0 Å². The lowest BCUT2D eigenvalue weighted by molar-refractivity contribution is -0.319. The van der Waals surface area contributed by atoms with E-state index in [0.717, 1.165) is 89.1 Å². The maximum absolute atomic E-state index is 6.49. The SMILES string of the molecule is C1=C(c2ccccc2)N=C(c2cc([N+]3=C(c4ccccc4)N=C3c3ccccc3)ccc2-c2cccc3c2Sc2ccccc2O3)NC1c1ccccc1. The largest absolute Gasteiger partial charge is 0.455 e. The van der Waals surface area contributed by atoms with Gasteiger partial charge in [-0.1, -0.05) is 144 Å². The van der Waals surface area contributed by atoms with Crippen molar-refractivity contribution < 1.29 is 9.31 Å². The monoisotopic (exact) mass is 713 g/mol. The first-order valence-corrected chi connectivity index (χ1v) is 18.8. The van der Waals surface area contributed by atoms with E-state index in [1.165, 1.54) is 0 Å². The molecule has 0 saturated heterocycles. The highest BCUT2D eigenvalue weighted by Crippen LogP contribution is 2.51. The van der Waals surface area contributed by atoms with Crippen LogP contribution in [0.1, 0.15) is 33.9 Å². The van der Waals surface area contributed by atoms with Crippen LogP contribution in [0.3, 0.4) is 0 Å². The lowest BCUT2D eigenvalue weighted by Gasteiger charge is -2.27. The van der Waals surface area contributed by atoms with E-state index in [9.17, 15) is 0 Å². The van der Waals surface area contributed by atoms with Crippen molar-refractivity contribution in [3.05, 3.63) is 216 Å². The van der Waals surface area contributed by atoms with Gasteiger partial charge < -0.3 is 10.1 Å². The number of para-hydroxylation sites is 1. The number of amidine groups is 3. The molecule has 0 bridgehead atoms. The summed E-state index contributed by atoms with van der Waals surface area (Å²) in [6, 6.07) is 62.9. The molecule has 0 spiro atoms. The molecule has 0 fully saturated rings. The molecule has 3 heterocycles. The van der Waals surface area contributed by atoms with Crippen LogP contribution in [0.15, 0.2) is 208 Å². The standard InChI is InChI=1S/C48H33N4OS/c1-5-16-32(17-6-1)40-31-41(33-18-7-2-8-19-33)50-46(49-40)39-30-36(52-47(34-20-9-3-10-21-34)51-48(52)35-22-11-4-12-23-35)28-29-37(39)38-24-15-26-43-45(38)54-44-27-14-13-25-42(44)53-43/h1-31,40H,(H,49,50)/q+1. The fraction of sp³-hybridized carbons (Fsp3) is 0.0208. The molecule has 7 aromatic rings. The zero-order chi connectivity index (χ0) is 35.8. The number of nitrogens with one attached hydrogen (secondary N) is 1. The number of nitrogens with zero attached hydrogens (tertiary/aromatic N) is 3. The number of rotatable bonds is 7. The summed E-state index contributed by atoms with van der Waals surface area (Å²) >= 11 is 1.75. The van der Waals surface area contributed by atoms with Gasteiger partial charge in [0.2, 0.25) is 0 Å². The average molecular weight is 714 g/mol. The van der Waals surface area contributed by atoms with E-state index in [2.05, 4.69) is 168 Å². The number of ether oxygens (including phenoxy) is 1. The van der Waals surface area contributed by atoms with Crippen LogP contribution in [-0.4, -0.2) is 22.1 Å². The molecular weight excluding hydrogens is 681 g/mol. The van der Waals surface area contributed by atoms with Gasteiger partial charge in [-0.05, 0) is 77.4 Å². The summed E-state index contributed by atoms with van der Waals surface area (Å²) in [6.45, 7) is 0. The molecule has 10 rings (SSSR count). The molecule has 7 aromatic carbocycles. The van der Waals surface area contributed by atoms with Crippen LogP contribution < -0.4 is 10.1 Å². The summed E-state index contributed by atoms with van der Waals surface area (Å²) in [5.74, 6) is 4.31. The van der Waals surface area contributed by atoms with E-state index in [0.29, 0.717) is 0 Å². The number of aliphatic imine (C=N–C) groups is 2. The van der Waals surface area contributed by atoms with Crippen molar-refractivity contribution in [1.82, 2.24) is 5.32 Å². The Morgan fingerprint density at radius 2 is 1.19 bits per heavy atom. The second-order valence-electron chi connectivity index (χ2n) is 13.3. The molecule has 0 aromatic heterocycles. The van der Waals surface area contributed by atoms with E-state index >= 15 is 0 Å². The van der Waals surface area contributed by atoms with Crippen LogP contribution >= 0.6 is 11.8 Å². The molecule has 0 aliphatic carbocycles. The Morgan fingerprint density at radius 1 is 0.537 bits per heavy atom. The van der Waals surface area contributed by atoms with Gasteiger partial charge in [-0.25, -0.2) is 4.99 Å². The third-order valence-electron chi connectivity index (χ3n) is 9.84. The van der Waals surface area contributed by atoms with Gasteiger partial charge in [-0.3, -0.25) is 0 Å². The number of hydrogen-bond acceptors (Lipinski definition) is 5. The summed E-state index contributed by atoms with van der Waals surface area (Å²) in [7, 11) is 0. The summed E-state index contributed by atoms with van der Waals surface area (Å²) in [5, 5.41) is 3.86. The predicted molar refractivity (Wildman–Crippen MR) is 219 cm³/mol. The van der Waals surface area contributed by atoms with Crippen molar-refractivity contribution in [2.75, 3.05) is 0 Å². The van der Waals surface area contributed by atoms with E-state index in [4.69, 9.17) is 14.7 Å². The molecule has 0 saturated carbocycles. The summed E-state index contributed by atoms with van der Waals surface area (Å²) in [6.07, 6.45) is 2.22. The van der Waals surface area contributed by atoms with Crippen LogP contribution in [0.5, 0.6) is 11.5 Å². The van der Waals surface area contributed by atoms with Gasteiger partial charge in [0.25, 0.3) is 11.7 Å². The minimum Gasteiger partial charge on any atom is -0.455 e. The van der Waals surface area contributed by atoms with Gasteiger partial charge in [-0.15, -0.1) is 0 Å². The van der Waals surface area contributed by atoms with Gasteiger partial charge in [0.15, 0.2) is 0 Å². The Labute approximate surface area is 318 Å². The summed E-state index contributed by atoms with van der Waals surface area (Å²) in [5.41, 5.74) is 9.37. The van der Waals surface area contributed by atoms with Crippen LogP contribution in [0.4, 0.5) is 5.69 Å². The molecule has 256 valence electrons. The maximum Gasteiger partial charge on any atom is 0.279 e. The Bertz CT molecular complexity index is 2670. The van der Waals surface area contributed by atoms with Crippen molar-refractivity contribution in [2.45, 2.75) is 15.8 Å². The van der Waals surface area contributed by atoms with Crippen molar-refractivity contribution in [3.8, 4) is 22.6 Å². The lowest BCUT2D eigenvalue weighted by atomic mass is 9.95. The first kappa shape index (κ1) is 31.9. The molecule has 6 heteroatoms. The summed E-state index contributed by atoms with van der Waals surface area (Å²) in [4.78, 5) is 12.7. The first-order chi connectivity index (χ1) is 26.8. The molecule has 0 amide bonds. The number of hydrogen-bond donors (Lipinski definition) is 1. The predicted octanol–water partition coefficient (Wildman–Crippen LogP) is 11.3. The van der Waals surface area contributed by atoms with Crippen LogP contribution in [0.25, 0.3) is 16.8 Å². The highest BCUT2D eigenvalue weighted by molar-refractivity contribution is 7.99. The fourth-order valence-electron chi connectivity index (χ4n) is 7.21. The van der Waals surface area contributed by atoms with Crippen molar-refractivity contribution >= 4 is 40.7 Å². The highest BCUT2D eigenvalue weighted by Gasteiger charge is 2.34. The Morgan fingerprint density at radius 3 is 1.94 bits per heavy atom. The Kier molecular flexibility index (Phi) is 8.08. The second kappa shape index (κ2) is 13.7. The van der Waals surface area contributed by atoms with Crippen LogP contribution in [0, 0.1) is 0 Å². The topological polar surface area (TPSA) is 49.0 Å². The third kappa shape index (κ3) is 5.83. The molecule has 1 atom stereocenters. The van der Waals surface area contributed by atoms with Gasteiger partial charge in [0.05, 0.1) is 32.7 Å². The Balaban J connectivity index is 1.19. The fourth-order valence-corrected chi connectivity index (χ4v) is 8.28. The number of fused-ring (bicyclic) bond motifs is 2. The van der Waals surface area contributed by atoms with E-state index in [-0.39, 0.29) is 6.04 Å². The first-order valence-electron chi connectivity index (χ1n) is 18.0. The van der Waals surface area contributed by atoms with E-state index < -0.39 is 0 Å². The van der Waals surface area contributed by atoms with Crippen LogP contribution in [0.2, 0.25) is 0 Å². The van der Waals surface area contributed by atoms with E-state index in [1.807, 2.05) is 30.3 Å². The van der Waals surface area contributed by atoms with Gasteiger partial charge in [0.1, 0.15) is 23.0 Å². The molecule has 1 N–H and O–H groups in total. The maximum atomic E-state index is 6.49. The minimum atomic E-state index is -0.100. The van der Waals surface area contributed by atoms with Crippen molar-refractivity contribution in [2.24, 2.45) is 9.98 Å². The molecule has 3 aliphatic heterocycles. The quantitative estimate of drug-likeness (QED) is 0.167. The molecule has 1 unspecified atom stereocenters. The molecule has 0 radical (unpaired) electrons.